The van der Waals surface area contributed by atoms with Crippen LogP contribution in [-0.2, 0) is 0 Å². The van der Waals surface area contributed by atoms with E-state index in [-0.39, 0.29) is 0 Å². The van der Waals surface area contributed by atoms with E-state index in [1.165, 1.54) is 0 Å². The zero-order valence-electron chi connectivity index (χ0n) is 12.5. The molecule has 0 nitrogen and oxygen atoms in total. The van der Waals surface area contributed by atoms with Crippen molar-refractivity contribution in [3.63, 3.8) is 0 Å². The highest BCUT2D eigenvalue weighted by atomic mass is 19.4. The Morgan fingerprint density at radius 1 is 0.519 bits per heavy atom. The molecule has 0 unspecified atom stereocenters. The number of rotatable bonds is 2. The molecule has 11 heteroatoms. The van der Waals surface area contributed by atoms with Gasteiger partial charge in [0.2, 0.25) is 5.82 Å². The summed E-state index contributed by atoms with van der Waals surface area (Å²) in [7, 11) is 0. The first kappa shape index (κ1) is 20.7. The molecule has 0 heterocycles. The zero-order chi connectivity index (χ0) is 20.7. The second kappa shape index (κ2) is 6.86. The van der Waals surface area contributed by atoms with Crippen LogP contribution in [0.25, 0.3) is 11.1 Å². The second-order valence-electron chi connectivity index (χ2n) is 5.06. The highest BCUT2D eigenvalue weighted by Crippen LogP contribution is 2.48. The van der Waals surface area contributed by atoms with Crippen molar-refractivity contribution in [1.82, 2.24) is 0 Å². The van der Waals surface area contributed by atoms with Crippen LogP contribution in [0.15, 0.2) is 30.3 Å². The van der Waals surface area contributed by atoms with Gasteiger partial charge >= 0.3 is 12.4 Å². The van der Waals surface area contributed by atoms with E-state index in [0.717, 1.165) is 18.2 Å². The van der Waals surface area contributed by atoms with Crippen LogP contribution < -0.4 is 0 Å². The van der Waals surface area contributed by atoms with E-state index < -0.39 is 63.7 Å². The van der Waals surface area contributed by atoms with Crippen molar-refractivity contribution in [2.75, 3.05) is 0 Å². The van der Waals surface area contributed by atoms with E-state index in [0.29, 0.717) is 12.1 Å². The fraction of sp³-hybridized carbons (Fsp3) is 0.125. The molecule has 0 atom stereocenters. The van der Waals surface area contributed by atoms with Crippen molar-refractivity contribution in [2.24, 2.45) is 0 Å². The summed E-state index contributed by atoms with van der Waals surface area (Å²) in [5.74, 6) is -14.5. The summed E-state index contributed by atoms with van der Waals surface area (Å²) in [5, 5.41) is 0. The van der Waals surface area contributed by atoms with Crippen molar-refractivity contribution in [2.45, 2.75) is 12.4 Å². The summed E-state index contributed by atoms with van der Waals surface area (Å²) in [6.45, 7) is 0. The normalized spacial score (nSPS) is 13.6. The molecule has 0 N–H and O–H groups in total. The van der Waals surface area contributed by atoms with Gasteiger partial charge in [-0.25, -0.2) is 22.0 Å². The van der Waals surface area contributed by atoms with Gasteiger partial charge in [-0.1, -0.05) is 30.3 Å². The minimum atomic E-state index is -6.11. The van der Waals surface area contributed by atoms with Crippen LogP contribution >= 0.6 is 0 Å². The third kappa shape index (κ3) is 3.76. The molecule has 2 aromatic rings. The third-order valence-electron chi connectivity index (χ3n) is 3.34. The molecule has 0 amide bonds. The van der Waals surface area contributed by atoms with Crippen molar-refractivity contribution in [3.8, 4) is 0 Å². The number of hydrogen-bond donors (Lipinski definition) is 0. The van der Waals surface area contributed by atoms with Crippen LogP contribution in [0.5, 0.6) is 0 Å². The molecule has 2 rings (SSSR count). The van der Waals surface area contributed by atoms with Gasteiger partial charge in [-0.05, 0) is 5.56 Å². The molecule has 0 bridgehead atoms. The summed E-state index contributed by atoms with van der Waals surface area (Å²) >= 11 is 0. The fourth-order valence-corrected chi connectivity index (χ4v) is 2.29. The quantitative estimate of drug-likeness (QED) is 0.234. The summed E-state index contributed by atoms with van der Waals surface area (Å²) in [6.07, 6.45) is -12.0. The topological polar surface area (TPSA) is 0 Å². The van der Waals surface area contributed by atoms with Gasteiger partial charge in [0.05, 0.1) is 16.7 Å². The molecule has 0 fully saturated rings. The maximum absolute atomic E-state index is 13.8. The molecule has 0 aliphatic rings. The minimum Gasteiger partial charge on any atom is -0.203 e. The second-order valence-corrected chi connectivity index (χ2v) is 5.06. The molecule has 27 heavy (non-hydrogen) atoms. The van der Waals surface area contributed by atoms with Crippen LogP contribution in [0.1, 0.15) is 11.1 Å². The predicted octanol–water partition coefficient (Wildman–Crippen LogP) is 6.42. The van der Waals surface area contributed by atoms with Crippen molar-refractivity contribution in [3.05, 3.63) is 70.5 Å². The first-order chi connectivity index (χ1) is 12.3. The number of benzene rings is 2. The third-order valence-corrected chi connectivity index (χ3v) is 3.34. The fourth-order valence-electron chi connectivity index (χ4n) is 2.29. The van der Waals surface area contributed by atoms with Crippen LogP contribution in [0, 0.1) is 29.1 Å². The lowest BCUT2D eigenvalue weighted by atomic mass is 9.92. The molecule has 2 aromatic carbocycles. The Hall–Kier alpha value is -2.59. The summed E-state index contributed by atoms with van der Waals surface area (Å²) in [6, 6.07) is 4.02. The molecular formula is C16H5F11. The Balaban J connectivity index is 3.11. The van der Waals surface area contributed by atoms with E-state index in [4.69, 9.17) is 0 Å². The lowest BCUT2D eigenvalue weighted by Gasteiger charge is -2.22. The molecule has 0 spiro atoms. The maximum Gasteiger partial charge on any atom is 0.417 e. The number of alkyl halides is 6. The molecular weight excluding hydrogens is 401 g/mol. The van der Waals surface area contributed by atoms with E-state index >= 15 is 0 Å². The summed E-state index contributed by atoms with van der Waals surface area (Å²) in [5.41, 5.74) is -9.52. The van der Waals surface area contributed by atoms with Crippen LogP contribution in [0.3, 0.4) is 0 Å². The Morgan fingerprint density at radius 3 is 1.26 bits per heavy atom. The summed E-state index contributed by atoms with van der Waals surface area (Å²) < 4.78 is 147. The van der Waals surface area contributed by atoms with E-state index in [2.05, 4.69) is 0 Å². The molecule has 0 aliphatic carbocycles. The molecule has 146 valence electrons. The standard InChI is InChI=1S/C16H5F11/c17-10-7(11(18)13(20)14(21)12(10)19)9(16(25,26)27)8(15(22,23)24)6-4-2-1-3-5-6/h1-5H/b9-8-. The SMILES string of the molecule is Fc1c(F)c(F)c(/C(=C(\c2ccccc2)C(F)(F)F)C(F)(F)F)c(F)c1F. The minimum absolute atomic E-state index is 0.542. The average molecular weight is 406 g/mol. The smallest absolute Gasteiger partial charge is 0.203 e. The number of halogens is 11. The van der Waals surface area contributed by atoms with Crippen LogP contribution in [0.2, 0.25) is 0 Å². The Kier molecular flexibility index (Phi) is 5.26. The lowest BCUT2D eigenvalue weighted by molar-refractivity contribution is -0.0831. The van der Waals surface area contributed by atoms with Gasteiger partial charge in [0.15, 0.2) is 23.3 Å². The Morgan fingerprint density at radius 2 is 0.889 bits per heavy atom. The zero-order valence-corrected chi connectivity index (χ0v) is 12.5. The predicted molar refractivity (Wildman–Crippen MR) is 71.6 cm³/mol. The van der Waals surface area contributed by atoms with E-state index in [1.807, 2.05) is 0 Å². The van der Waals surface area contributed by atoms with Crippen LogP contribution in [-0.4, -0.2) is 12.4 Å². The maximum atomic E-state index is 13.8. The van der Waals surface area contributed by atoms with Gasteiger partial charge in [-0.15, -0.1) is 0 Å². The molecule has 0 aromatic heterocycles. The van der Waals surface area contributed by atoms with Gasteiger partial charge in [0.25, 0.3) is 0 Å². The first-order valence-electron chi connectivity index (χ1n) is 6.74. The Bertz CT molecular complexity index is 860. The van der Waals surface area contributed by atoms with Gasteiger partial charge in [-0.3, -0.25) is 0 Å². The van der Waals surface area contributed by atoms with Gasteiger partial charge in [0.1, 0.15) is 0 Å². The monoisotopic (exact) mass is 406 g/mol. The average Bonchev–Trinajstić information content (AvgIpc) is 2.56. The lowest BCUT2D eigenvalue weighted by Crippen LogP contribution is -2.23. The van der Waals surface area contributed by atoms with Gasteiger partial charge < -0.3 is 0 Å². The first-order valence-corrected chi connectivity index (χ1v) is 6.74. The summed E-state index contributed by atoms with van der Waals surface area (Å²) in [4.78, 5) is 0. The van der Waals surface area contributed by atoms with Crippen LogP contribution in [0.4, 0.5) is 48.3 Å². The largest absolute Gasteiger partial charge is 0.417 e. The Labute approximate surface area is 143 Å². The van der Waals surface area contributed by atoms with Crippen molar-refractivity contribution < 1.29 is 48.3 Å². The van der Waals surface area contributed by atoms with E-state index in [1.54, 1.807) is 0 Å². The van der Waals surface area contributed by atoms with Gasteiger partial charge in [0, 0.05) is 0 Å². The van der Waals surface area contributed by atoms with Gasteiger partial charge in [-0.2, -0.15) is 26.3 Å². The number of allylic oxidation sites excluding steroid dienone is 2. The highest BCUT2D eigenvalue weighted by Gasteiger charge is 2.49. The van der Waals surface area contributed by atoms with Crippen molar-refractivity contribution >= 4 is 11.1 Å². The molecule has 0 radical (unpaired) electrons. The number of hydrogen-bond acceptors (Lipinski definition) is 0. The molecule has 0 saturated carbocycles. The highest BCUT2D eigenvalue weighted by molar-refractivity contribution is 5.95. The molecule has 0 aliphatic heterocycles. The van der Waals surface area contributed by atoms with E-state index in [9.17, 15) is 48.3 Å². The molecule has 0 saturated heterocycles. The van der Waals surface area contributed by atoms with Crippen molar-refractivity contribution in [1.29, 1.82) is 0 Å².